The molecule has 0 unspecified atom stereocenters. The van der Waals surface area contributed by atoms with Crippen LogP contribution < -0.4 is 10.6 Å². The summed E-state index contributed by atoms with van der Waals surface area (Å²) in [5, 5.41) is 5.67. The molecule has 1 heterocycles. The number of benzene rings is 1. The lowest BCUT2D eigenvalue weighted by molar-refractivity contribution is 0.0946. The molecule has 5 nitrogen and oxygen atoms in total. The number of anilines is 2. The molecular weight excluding hydrogens is 259 g/mol. The first-order valence-electron chi connectivity index (χ1n) is 6.37. The molecule has 1 fully saturated rings. The number of carbonyl (C=O) groups is 1. The zero-order chi connectivity index (χ0) is 13.9. The fourth-order valence-electron chi connectivity index (χ4n) is 1.74. The van der Waals surface area contributed by atoms with E-state index in [0.717, 1.165) is 12.8 Å². The smallest absolute Gasteiger partial charge is 0.270 e. The van der Waals surface area contributed by atoms with Crippen molar-refractivity contribution in [2.24, 2.45) is 0 Å². The molecule has 1 aliphatic rings. The van der Waals surface area contributed by atoms with Crippen molar-refractivity contribution >= 4 is 17.4 Å². The van der Waals surface area contributed by atoms with E-state index in [1.54, 1.807) is 18.2 Å². The minimum atomic E-state index is -0.380. The molecule has 0 spiro atoms. The summed E-state index contributed by atoms with van der Waals surface area (Å²) in [4.78, 5) is 19.8. The third-order valence-corrected chi connectivity index (χ3v) is 2.95. The summed E-state index contributed by atoms with van der Waals surface area (Å²) >= 11 is 0. The van der Waals surface area contributed by atoms with E-state index in [1.807, 2.05) is 0 Å². The first kappa shape index (κ1) is 12.5. The maximum Gasteiger partial charge on any atom is 0.270 e. The summed E-state index contributed by atoms with van der Waals surface area (Å²) in [5.74, 6) is -0.229. The van der Waals surface area contributed by atoms with E-state index >= 15 is 0 Å². The van der Waals surface area contributed by atoms with Gasteiger partial charge in [-0.25, -0.2) is 14.4 Å². The average Bonchev–Trinajstić information content (AvgIpc) is 3.26. The lowest BCUT2D eigenvalue weighted by Gasteiger charge is -2.07. The van der Waals surface area contributed by atoms with Crippen LogP contribution in [-0.2, 0) is 0 Å². The molecule has 1 aromatic carbocycles. The number of nitrogens with one attached hydrogen (secondary N) is 2. The molecule has 0 aliphatic heterocycles. The van der Waals surface area contributed by atoms with E-state index < -0.39 is 0 Å². The van der Waals surface area contributed by atoms with Crippen molar-refractivity contribution in [2.75, 3.05) is 5.32 Å². The molecule has 1 aliphatic carbocycles. The molecule has 102 valence electrons. The lowest BCUT2D eigenvalue weighted by Crippen LogP contribution is -2.26. The third kappa shape index (κ3) is 2.90. The topological polar surface area (TPSA) is 66.9 Å². The standard InChI is InChI=1S/C14H13FN4O/c15-10-3-1-2-4-11(10)19-13-7-12(16-8-17-13)14(20)18-9-5-6-9/h1-4,7-9H,5-6H2,(H,18,20)(H,16,17,19). The quantitative estimate of drug-likeness (QED) is 0.895. The van der Waals surface area contributed by atoms with Gasteiger partial charge in [0.25, 0.3) is 5.91 Å². The fourth-order valence-corrected chi connectivity index (χ4v) is 1.74. The highest BCUT2D eigenvalue weighted by atomic mass is 19.1. The van der Waals surface area contributed by atoms with Gasteiger partial charge in [0.1, 0.15) is 23.7 Å². The van der Waals surface area contributed by atoms with E-state index in [1.165, 1.54) is 18.5 Å². The van der Waals surface area contributed by atoms with Gasteiger partial charge in [-0.1, -0.05) is 12.1 Å². The van der Waals surface area contributed by atoms with Crippen molar-refractivity contribution < 1.29 is 9.18 Å². The molecule has 0 saturated heterocycles. The summed E-state index contributed by atoms with van der Waals surface area (Å²) in [6, 6.07) is 8.04. The van der Waals surface area contributed by atoms with E-state index in [0.29, 0.717) is 11.5 Å². The molecule has 1 amide bonds. The van der Waals surface area contributed by atoms with Crippen LogP contribution in [0.4, 0.5) is 15.9 Å². The Morgan fingerprint density at radius 2 is 2.05 bits per heavy atom. The Balaban J connectivity index is 1.77. The summed E-state index contributed by atoms with van der Waals surface area (Å²) < 4.78 is 13.5. The molecule has 1 saturated carbocycles. The molecule has 3 rings (SSSR count). The van der Waals surface area contributed by atoms with Gasteiger partial charge in [0.05, 0.1) is 5.69 Å². The van der Waals surface area contributed by atoms with Gasteiger partial charge in [0, 0.05) is 12.1 Å². The van der Waals surface area contributed by atoms with E-state index in [-0.39, 0.29) is 23.5 Å². The second kappa shape index (κ2) is 5.24. The summed E-state index contributed by atoms with van der Waals surface area (Å²) in [7, 11) is 0. The number of aromatic nitrogens is 2. The van der Waals surface area contributed by atoms with Crippen LogP contribution in [-0.4, -0.2) is 21.9 Å². The van der Waals surface area contributed by atoms with Crippen LogP contribution in [0.5, 0.6) is 0 Å². The van der Waals surface area contributed by atoms with Crippen LogP contribution >= 0.6 is 0 Å². The highest BCUT2D eigenvalue weighted by Crippen LogP contribution is 2.20. The normalized spacial score (nSPS) is 13.8. The molecular formula is C14H13FN4O. The SMILES string of the molecule is O=C(NC1CC1)c1cc(Nc2ccccc2F)ncn1. The minimum Gasteiger partial charge on any atom is -0.348 e. The van der Waals surface area contributed by atoms with Gasteiger partial charge < -0.3 is 10.6 Å². The Bertz CT molecular complexity index is 643. The zero-order valence-electron chi connectivity index (χ0n) is 10.6. The Morgan fingerprint density at radius 1 is 1.25 bits per heavy atom. The van der Waals surface area contributed by atoms with Crippen molar-refractivity contribution in [2.45, 2.75) is 18.9 Å². The first-order chi connectivity index (χ1) is 9.72. The molecule has 20 heavy (non-hydrogen) atoms. The minimum absolute atomic E-state index is 0.230. The average molecular weight is 272 g/mol. The first-order valence-corrected chi connectivity index (χ1v) is 6.37. The number of halogens is 1. The number of amides is 1. The third-order valence-electron chi connectivity index (χ3n) is 2.95. The Morgan fingerprint density at radius 3 is 2.80 bits per heavy atom. The number of hydrogen-bond donors (Lipinski definition) is 2. The van der Waals surface area contributed by atoms with Crippen molar-refractivity contribution in [1.82, 2.24) is 15.3 Å². The second-order valence-corrected chi connectivity index (χ2v) is 4.64. The van der Waals surface area contributed by atoms with E-state index in [4.69, 9.17) is 0 Å². The number of nitrogens with zero attached hydrogens (tertiary/aromatic N) is 2. The van der Waals surface area contributed by atoms with Gasteiger partial charge in [-0.3, -0.25) is 4.79 Å². The van der Waals surface area contributed by atoms with Crippen molar-refractivity contribution in [3.05, 3.63) is 48.2 Å². The molecule has 2 N–H and O–H groups in total. The van der Waals surface area contributed by atoms with Gasteiger partial charge in [0.2, 0.25) is 0 Å². The summed E-state index contributed by atoms with van der Waals surface area (Å²) in [6.07, 6.45) is 3.30. The predicted molar refractivity (Wildman–Crippen MR) is 72.2 cm³/mol. The molecule has 0 atom stereocenters. The number of carbonyl (C=O) groups excluding carboxylic acids is 1. The zero-order valence-corrected chi connectivity index (χ0v) is 10.6. The largest absolute Gasteiger partial charge is 0.348 e. The van der Waals surface area contributed by atoms with Crippen LogP contribution in [0.2, 0.25) is 0 Å². The monoisotopic (exact) mass is 272 g/mol. The molecule has 0 radical (unpaired) electrons. The highest BCUT2D eigenvalue weighted by Gasteiger charge is 2.24. The Labute approximate surface area is 115 Å². The Kier molecular flexibility index (Phi) is 3.28. The van der Waals surface area contributed by atoms with Gasteiger partial charge in [0.15, 0.2) is 0 Å². The highest BCUT2D eigenvalue weighted by molar-refractivity contribution is 5.93. The molecule has 1 aromatic heterocycles. The van der Waals surface area contributed by atoms with Crippen LogP contribution in [0.1, 0.15) is 23.3 Å². The molecule has 0 bridgehead atoms. The maximum absolute atomic E-state index is 13.5. The van der Waals surface area contributed by atoms with E-state index in [2.05, 4.69) is 20.6 Å². The number of para-hydroxylation sites is 1. The summed E-state index contributed by atoms with van der Waals surface area (Å²) in [6.45, 7) is 0. The van der Waals surface area contributed by atoms with E-state index in [9.17, 15) is 9.18 Å². The molecule has 2 aromatic rings. The van der Waals surface area contributed by atoms with Crippen molar-refractivity contribution in [3.8, 4) is 0 Å². The van der Waals surface area contributed by atoms with Crippen molar-refractivity contribution in [3.63, 3.8) is 0 Å². The van der Waals surface area contributed by atoms with Gasteiger partial charge >= 0.3 is 0 Å². The van der Waals surface area contributed by atoms with Crippen LogP contribution in [0.15, 0.2) is 36.7 Å². The Hall–Kier alpha value is -2.50. The van der Waals surface area contributed by atoms with Gasteiger partial charge in [-0.05, 0) is 25.0 Å². The molecule has 6 heteroatoms. The van der Waals surface area contributed by atoms with Crippen LogP contribution in [0, 0.1) is 5.82 Å². The van der Waals surface area contributed by atoms with Crippen molar-refractivity contribution in [1.29, 1.82) is 0 Å². The van der Waals surface area contributed by atoms with Gasteiger partial charge in [-0.15, -0.1) is 0 Å². The summed E-state index contributed by atoms with van der Waals surface area (Å²) in [5.41, 5.74) is 0.575. The predicted octanol–water partition coefficient (Wildman–Crippen LogP) is 2.25. The number of hydrogen-bond acceptors (Lipinski definition) is 4. The van der Waals surface area contributed by atoms with Crippen LogP contribution in [0.25, 0.3) is 0 Å². The maximum atomic E-state index is 13.5. The second-order valence-electron chi connectivity index (χ2n) is 4.64. The number of rotatable bonds is 4. The van der Waals surface area contributed by atoms with Gasteiger partial charge in [-0.2, -0.15) is 0 Å². The lowest BCUT2D eigenvalue weighted by atomic mass is 10.3. The van der Waals surface area contributed by atoms with Crippen LogP contribution in [0.3, 0.4) is 0 Å². The fraction of sp³-hybridized carbons (Fsp3) is 0.214.